The van der Waals surface area contributed by atoms with Gasteiger partial charge in [0.1, 0.15) is 0 Å². The van der Waals surface area contributed by atoms with E-state index in [9.17, 15) is 26.4 Å². The first kappa shape index (κ1) is 25.1. The van der Waals surface area contributed by atoms with Gasteiger partial charge in [0, 0.05) is 11.3 Å². The first-order valence-electron chi connectivity index (χ1n) is 10.9. The minimum absolute atomic E-state index is 0.138. The molecule has 3 atom stereocenters. The number of amides is 1. The summed E-state index contributed by atoms with van der Waals surface area (Å²) >= 11 is 0. The monoisotopic (exact) mass is 482 g/mol. The topological polar surface area (TPSA) is 75.3 Å². The van der Waals surface area contributed by atoms with Gasteiger partial charge in [0.2, 0.25) is 15.9 Å². The number of carbonyl (C=O) groups is 1. The first-order chi connectivity index (χ1) is 15.3. The maximum absolute atomic E-state index is 13.0. The third-order valence-corrected chi connectivity index (χ3v) is 6.95. The highest BCUT2D eigenvalue weighted by molar-refractivity contribution is 7.92. The van der Waals surface area contributed by atoms with Crippen molar-refractivity contribution in [2.75, 3.05) is 11.0 Å². The van der Waals surface area contributed by atoms with Crippen LogP contribution in [0.5, 0.6) is 0 Å². The SMILES string of the molecule is CCc1cc(C(CC)NC(=O)[C@@H]2C[C@]2(C)c2ccc(C(F)(F)F)cc2)ccc1NS(C)(=O)=O. The van der Waals surface area contributed by atoms with Crippen molar-refractivity contribution in [1.29, 1.82) is 0 Å². The molecule has 9 heteroatoms. The van der Waals surface area contributed by atoms with Crippen molar-refractivity contribution < 1.29 is 26.4 Å². The molecule has 1 aliphatic rings. The molecule has 1 fully saturated rings. The molecule has 1 amide bonds. The molecule has 0 spiro atoms. The van der Waals surface area contributed by atoms with Gasteiger partial charge in [0.05, 0.1) is 23.5 Å². The number of hydrogen-bond donors (Lipinski definition) is 2. The molecule has 1 aliphatic carbocycles. The molecule has 5 nitrogen and oxygen atoms in total. The fourth-order valence-electron chi connectivity index (χ4n) is 4.22. The largest absolute Gasteiger partial charge is 0.416 e. The number of rotatable bonds is 8. The molecule has 0 bridgehead atoms. The summed E-state index contributed by atoms with van der Waals surface area (Å²) in [6.07, 6.45) is -1.48. The Morgan fingerprint density at radius 2 is 1.79 bits per heavy atom. The van der Waals surface area contributed by atoms with Crippen molar-refractivity contribution in [2.24, 2.45) is 5.92 Å². The number of sulfonamides is 1. The van der Waals surface area contributed by atoms with Crippen molar-refractivity contribution in [3.8, 4) is 0 Å². The number of nitrogens with one attached hydrogen (secondary N) is 2. The van der Waals surface area contributed by atoms with Crippen molar-refractivity contribution >= 4 is 21.6 Å². The molecule has 0 aliphatic heterocycles. The van der Waals surface area contributed by atoms with Gasteiger partial charge in [-0.2, -0.15) is 13.2 Å². The third-order valence-electron chi connectivity index (χ3n) is 6.36. The van der Waals surface area contributed by atoms with Gasteiger partial charge in [-0.05, 0) is 54.2 Å². The van der Waals surface area contributed by atoms with Gasteiger partial charge in [0.15, 0.2) is 0 Å². The number of hydrogen-bond acceptors (Lipinski definition) is 3. The number of alkyl halides is 3. The summed E-state index contributed by atoms with van der Waals surface area (Å²) < 4.78 is 64.2. The third kappa shape index (κ3) is 5.69. The van der Waals surface area contributed by atoms with E-state index in [1.165, 1.54) is 12.1 Å². The summed E-state index contributed by atoms with van der Waals surface area (Å²) in [7, 11) is -3.40. The minimum Gasteiger partial charge on any atom is -0.349 e. The van der Waals surface area contributed by atoms with Crippen LogP contribution in [0.15, 0.2) is 42.5 Å². The molecule has 180 valence electrons. The lowest BCUT2D eigenvalue weighted by Gasteiger charge is -2.21. The van der Waals surface area contributed by atoms with Crippen LogP contribution < -0.4 is 10.0 Å². The Hall–Kier alpha value is -2.55. The zero-order valence-electron chi connectivity index (χ0n) is 19.1. The van der Waals surface area contributed by atoms with E-state index < -0.39 is 27.2 Å². The normalized spacial score (nSPS) is 21.4. The lowest BCUT2D eigenvalue weighted by Crippen LogP contribution is -2.31. The summed E-state index contributed by atoms with van der Waals surface area (Å²) in [5.74, 6) is -0.458. The number of anilines is 1. The van der Waals surface area contributed by atoms with Crippen LogP contribution in [0.4, 0.5) is 18.9 Å². The van der Waals surface area contributed by atoms with Gasteiger partial charge >= 0.3 is 6.18 Å². The molecule has 33 heavy (non-hydrogen) atoms. The maximum Gasteiger partial charge on any atom is 0.416 e. The fourth-order valence-corrected chi connectivity index (χ4v) is 4.82. The summed E-state index contributed by atoms with van der Waals surface area (Å²) in [5, 5.41) is 3.07. The smallest absolute Gasteiger partial charge is 0.349 e. The Morgan fingerprint density at radius 1 is 1.15 bits per heavy atom. The van der Waals surface area contributed by atoms with Crippen LogP contribution >= 0.6 is 0 Å². The van der Waals surface area contributed by atoms with Gasteiger partial charge in [-0.1, -0.05) is 45.0 Å². The summed E-state index contributed by atoms with van der Waals surface area (Å²) in [5.41, 5.74) is 1.73. The van der Waals surface area contributed by atoms with Crippen molar-refractivity contribution in [2.45, 2.75) is 57.7 Å². The van der Waals surface area contributed by atoms with Crippen LogP contribution in [-0.4, -0.2) is 20.6 Å². The molecule has 2 N–H and O–H groups in total. The zero-order valence-corrected chi connectivity index (χ0v) is 19.9. The Bertz CT molecular complexity index is 1130. The second-order valence-electron chi connectivity index (χ2n) is 8.86. The molecule has 0 heterocycles. The van der Waals surface area contributed by atoms with Crippen molar-refractivity contribution in [3.05, 3.63) is 64.7 Å². The quantitative estimate of drug-likeness (QED) is 0.544. The Labute approximate surface area is 192 Å². The Kier molecular flexibility index (Phi) is 6.84. The standard InChI is InChI=1S/C24H29F3N2O3S/c1-5-15-13-16(7-12-21(15)29-33(4,31)32)20(6-2)28-22(30)19-14-23(19,3)17-8-10-18(11-9-17)24(25,26)27/h7-13,19-20,29H,5-6,14H2,1-4H3,(H,28,30)/t19-,20?,23+/m0/s1. The number of carbonyl (C=O) groups excluding carboxylic acids is 1. The first-order valence-corrected chi connectivity index (χ1v) is 12.8. The summed E-state index contributed by atoms with van der Waals surface area (Å²) in [4.78, 5) is 13.0. The predicted molar refractivity (Wildman–Crippen MR) is 122 cm³/mol. The van der Waals surface area contributed by atoms with Crippen LogP contribution in [0.3, 0.4) is 0 Å². The van der Waals surface area contributed by atoms with E-state index in [4.69, 9.17) is 0 Å². The number of aryl methyl sites for hydroxylation is 1. The van der Waals surface area contributed by atoms with Gasteiger partial charge in [-0.25, -0.2) is 8.42 Å². The van der Waals surface area contributed by atoms with Crippen molar-refractivity contribution in [1.82, 2.24) is 5.32 Å². The molecule has 1 unspecified atom stereocenters. The lowest BCUT2D eigenvalue weighted by atomic mass is 9.93. The number of benzene rings is 2. The van der Waals surface area contributed by atoms with Crippen LogP contribution in [0, 0.1) is 5.92 Å². The highest BCUT2D eigenvalue weighted by Crippen LogP contribution is 2.54. The summed E-state index contributed by atoms with van der Waals surface area (Å²) in [6.45, 7) is 5.76. The Morgan fingerprint density at radius 3 is 2.30 bits per heavy atom. The predicted octanol–water partition coefficient (Wildman–Crippen LogP) is 5.18. The van der Waals surface area contributed by atoms with Crippen LogP contribution in [-0.2, 0) is 32.8 Å². The van der Waals surface area contributed by atoms with Crippen LogP contribution in [0.1, 0.15) is 61.9 Å². The average Bonchev–Trinajstić information content (AvgIpc) is 3.44. The van der Waals surface area contributed by atoms with Crippen LogP contribution in [0.25, 0.3) is 0 Å². The molecule has 2 aromatic carbocycles. The molecule has 3 rings (SSSR count). The maximum atomic E-state index is 13.0. The molecule has 2 aromatic rings. The second kappa shape index (κ2) is 9.00. The Balaban J connectivity index is 1.73. The van der Waals surface area contributed by atoms with E-state index >= 15 is 0 Å². The minimum atomic E-state index is -4.39. The number of halogens is 3. The van der Waals surface area contributed by atoms with Gasteiger partial charge < -0.3 is 5.32 Å². The second-order valence-corrected chi connectivity index (χ2v) is 10.6. The molecule has 0 aromatic heterocycles. The van der Waals surface area contributed by atoms with E-state index in [1.807, 2.05) is 26.8 Å². The van der Waals surface area contributed by atoms with E-state index in [0.717, 1.165) is 29.5 Å². The fraction of sp³-hybridized carbons (Fsp3) is 0.458. The van der Waals surface area contributed by atoms with Crippen LogP contribution in [0.2, 0.25) is 0 Å². The molecular formula is C24H29F3N2O3S. The molecule has 0 radical (unpaired) electrons. The van der Waals surface area contributed by atoms with E-state index in [2.05, 4.69) is 10.0 Å². The average molecular weight is 483 g/mol. The zero-order chi connectivity index (χ0) is 24.6. The highest BCUT2D eigenvalue weighted by atomic mass is 32.2. The van der Waals surface area contributed by atoms with Gasteiger partial charge in [0.25, 0.3) is 0 Å². The van der Waals surface area contributed by atoms with E-state index in [-0.39, 0.29) is 17.9 Å². The van der Waals surface area contributed by atoms with E-state index in [0.29, 0.717) is 30.5 Å². The molecular weight excluding hydrogens is 453 g/mol. The van der Waals surface area contributed by atoms with Crippen molar-refractivity contribution in [3.63, 3.8) is 0 Å². The summed E-state index contributed by atoms with van der Waals surface area (Å²) in [6, 6.07) is 10.2. The molecule has 0 saturated heterocycles. The highest BCUT2D eigenvalue weighted by Gasteiger charge is 2.55. The van der Waals surface area contributed by atoms with E-state index in [1.54, 1.807) is 12.1 Å². The lowest BCUT2D eigenvalue weighted by molar-refractivity contribution is -0.137. The van der Waals surface area contributed by atoms with Gasteiger partial charge in [-0.15, -0.1) is 0 Å². The van der Waals surface area contributed by atoms with Gasteiger partial charge in [-0.3, -0.25) is 9.52 Å². The molecule has 1 saturated carbocycles.